The molecule has 6 heteroatoms. The molecule has 1 aromatic rings. The highest BCUT2D eigenvalue weighted by molar-refractivity contribution is 8.18. The SMILES string of the molecule is O=C(Cl)CN1C(=O)S/C(=C\c2ccccc2)C1=O. The number of carbonyl (C=O) groups excluding carboxylic acids is 3. The number of halogens is 1. The van der Waals surface area contributed by atoms with Crippen molar-refractivity contribution >= 4 is 45.8 Å². The van der Waals surface area contributed by atoms with Gasteiger partial charge in [-0.3, -0.25) is 19.3 Å². The molecule has 4 nitrogen and oxygen atoms in total. The number of benzene rings is 1. The average Bonchev–Trinajstić information content (AvgIpc) is 2.58. The van der Waals surface area contributed by atoms with Crippen LogP contribution in [0.5, 0.6) is 0 Å². The van der Waals surface area contributed by atoms with E-state index in [1.165, 1.54) is 0 Å². The van der Waals surface area contributed by atoms with E-state index < -0.39 is 22.9 Å². The minimum absolute atomic E-state index is 0.295. The van der Waals surface area contributed by atoms with Crippen molar-refractivity contribution in [1.82, 2.24) is 4.90 Å². The van der Waals surface area contributed by atoms with E-state index in [0.717, 1.165) is 22.2 Å². The van der Waals surface area contributed by atoms with Gasteiger partial charge in [-0.15, -0.1) is 0 Å². The smallest absolute Gasteiger partial charge is 0.279 e. The zero-order valence-corrected chi connectivity index (χ0v) is 10.7. The van der Waals surface area contributed by atoms with Crippen LogP contribution in [0.1, 0.15) is 5.56 Å². The summed E-state index contributed by atoms with van der Waals surface area (Å²) in [5.41, 5.74) is 0.820. The highest BCUT2D eigenvalue weighted by Crippen LogP contribution is 2.31. The normalized spacial score (nSPS) is 17.6. The summed E-state index contributed by atoms with van der Waals surface area (Å²) in [5.74, 6) is -0.483. The molecule has 0 radical (unpaired) electrons. The summed E-state index contributed by atoms with van der Waals surface area (Å²) in [6, 6.07) is 9.16. The summed E-state index contributed by atoms with van der Waals surface area (Å²) < 4.78 is 0. The Labute approximate surface area is 113 Å². The lowest BCUT2D eigenvalue weighted by atomic mass is 10.2. The molecule has 0 saturated carbocycles. The molecule has 1 heterocycles. The lowest BCUT2D eigenvalue weighted by Gasteiger charge is -2.07. The number of amides is 2. The molecule has 0 atom stereocenters. The van der Waals surface area contributed by atoms with Crippen LogP contribution in [0.2, 0.25) is 0 Å². The maximum atomic E-state index is 11.9. The van der Waals surface area contributed by atoms with Gasteiger partial charge in [0.05, 0.1) is 4.91 Å². The van der Waals surface area contributed by atoms with Gasteiger partial charge in [-0.2, -0.15) is 0 Å². The van der Waals surface area contributed by atoms with Gasteiger partial charge in [-0.1, -0.05) is 30.3 Å². The predicted molar refractivity (Wildman–Crippen MR) is 70.0 cm³/mol. The Hall–Kier alpha value is -1.59. The van der Waals surface area contributed by atoms with Crippen LogP contribution < -0.4 is 0 Å². The fourth-order valence-electron chi connectivity index (χ4n) is 1.46. The number of thioether (sulfide) groups is 1. The van der Waals surface area contributed by atoms with Crippen LogP contribution >= 0.6 is 23.4 Å². The molecular formula is C12H8ClNO3S. The highest BCUT2D eigenvalue weighted by Gasteiger charge is 2.35. The van der Waals surface area contributed by atoms with Crippen molar-refractivity contribution in [2.75, 3.05) is 6.54 Å². The molecule has 2 amide bonds. The highest BCUT2D eigenvalue weighted by atomic mass is 35.5. The zero-order chi connectivity index (χ0) is 13.1. The van der Waals surface area contributed by atoms with E-state index in [4.69, 9.17) is 11.6 Å². The molecule has 0 bridgehead atoms. The predicted octanol–water partition coefficient (Wildman–Crippen LogP) is 2.49. The van der Waals surface area contributed by atoms with Gasteiger partial charge in [0, 0.05) is 0 Å². The maximum absolute atomic E-state index is 11.9. The van der Waals surface area contributed by atoms with Crippen LogP contribution in [-0.4, -0.2) is 27.8 Å². The maximum Gasteiger partial charge on any atom is 0.294 e. The van der Waals surface area contributed by atoms with E-state index >= 15 is 0 Å². The summed E-state index contributed by atoms with van der Waals surface area (Å²) in [6.45, 7) is -0.391. The van der Waals surface area contributed by atoms with Gasteiger partial charge in [-0.25, -0.2) is 0 Å². The molecule has 0 N–H and O–H groups in total. The minimum atomic E-state index is -0.738. The van der Waals surface area contributed by atoms with E-state index in [9.17, 15) is 14.4 Å². The largest absolute Gasteiger partial charge is 0.294 e. The van der Waals surface area contributed by atoms with Crippen molar-refractivity contribution in [1.29, 1.82) is 0 Å². The molecule has 0 spiro atoms. The Morgan fingerprint density at radius 3 is 2.56 bits per heavy atom. The number of rotatable bonds is 3. The molecule has 0 aliphatic carbocycles. The number of imide groups is 1. The summed E-state index contributed by atoms with van der Waals surface area (Å²) in [4.78, 5) is 35.3. The number of hydrogen-bond donors (Lipinski definition) is 0. The third kappa shape index (κ3) is 2.80. The molecule has 1 fully saturated rings. The minimum Gasteiger partial charge on any atom is -0.279 e. The third-order valence-corrected chi connectivity index (χ3v) is 3.28. The Morgan fingerprint density at radius 2 is 1.94 bits per heavy atom. The van der Waals surface area contributed by atoms with Crippen LogP contribution in [0.4, 0.5) is 4.79 Å². The standard InChI is InChI=1S/C12H8ClNO3S/c13-10(15)7-14-11(16)9(18-12(14)17)6-8-4-2-1-3-5-8/h1-6H,7H2/b9-6-. The van der Waals surface area contributed by atoms with Gasteiger partial charge in [0.1, 0.15) is 6.54 Å². The molecular weight excluding hydrogens is 274 g/mol. The molecule has 0 aromatic heterocycles. The van der Waals surface area contributed by atoms with Crippen LogP contribution in [0.25, 0.3) is 6.08 Å². The van der Waals surface area contributed by atoms with Crippen molar-refractivity contribution in [3.63, 3.8) is 0 Å². The lowest BCUT2D eigenvalue weighted by molar-refractivity contribution is -0.125. The summed E-state index contributed by atoms with van der Waals surface area (Å²) in [5, 5.41) is -1.21. The second-order valence-corrected chi connectivity index (χ2v) is 4.95. The molecule has 18 heavy (non-hydrogen) atoms. The summed E-state index contributed by atoms with van der Waals surface area (Å²) in [6.07, 6.45) is 1.61. The molecule has 1 saturated heterocycles. The van der Waals surface area contributed by atoms with E-state index in [1.54, 1.807) is 6.08 Å². The van der Waals surface area contributed by atoms with Crippen molar-refractivity contribution in [2.24, 2.45) is 0 Å². The first-order valence-electron chi connectivity index (χ1n) is 5.06. The molecule has 1 aliphatic rings. The second-order valence-electron chi connectivity index (χ2n) is 3.53. The van der Waals surface area contributed by atoms with Gasteiger partial charge in [0.2, 0.25) is 5.24 Å². The fraction of sp³-hybridized carbons (Fsp3) is 0.0833. The van der Waals surface area contributed by atoms with E-state index in [0.29, 0.717) is 4.91 Å². The first-order chi connectivity index (χ1) is 8.58. The Kier molecular flexibility index (Phi) is 3.84. The van der Waals surface area contributed by atoms with Gasteiger partial charge >= 0.3 is 0 Å². The molecule has 1 aromatic carbocycles. The van der Waals surface area contributed by atoms with Crippen LogP contribution in [0, 0.1) is 0 Å². The van der Waals surface area contributed by atoms with Crippen molar-refractivity contribution in [2.45, 2.75) is 0 Å². The first-order valence-corrected chi connectivity index (χ1v) is 6.26. The summed E-state index contributed by atoms with van der Waals surface area (Å²) >= 11 is 5.99. The van der Waals surface area contributed by atoms with Crippen molar-refractivity contribution in [3.8, 4) is 0 Å². The molecule has 92 valence electrons. The lowest BCUT2D eigenvalue weighted by Crippen LogP contribution is -2.31. The van der Waals surface area contributed by atoms with Gasteiger partial charge in [0.25, 0.3) is 11.1 Å². The average molecular weight is 282 g/mol. The van der Waals surface area contributed by atoms with Crippen molar-refractivity contribution < 1.29 is 14.4 Å². The molecule has 0 unspecified atom stereocenters. The van der Waals surface area contributed by atoms with Crippen LogP contribution in [-0.2, 0) is 9.59 Å². The van der Waals surface area contributed by atoms with E-state index in [2.05, 4.69) is 0 Å². The Morgan fingerprint density at radius 1 is 1.28 bits per heavy atom. The topological polar surface area (TPSA) is 54.5 Å². The fourth-order valence-corrected chi connectivity index (χ4v) is 2.42. The third-order valence-electron chi connectivity index (χ3n) is 2.25. The number of nitrogens with zero attached hydrogens (tertiary/aromatic N) is 1. The Balaban J connectivity index is 2.23. The number of hydrogen-bond acceptors (Lipinski definition) is 4. The van der Waals surface area contributed by atoms with Crippen LogP contribution in [0.3, 0.4) is 0 Å². The van der Waals surface area contributed by atoms with E-state index in [1.807, 2.05) is 30.3 Å². The molecule has 2 rings (SSSR count). The van der Waals surface area contributed by atoms with E-state index in [-0.39, 0.29) is 0 Å². The number of carbonyl (C=O) groups is 3. The Bertz CT molecular complexity index is 542. The zero-order valence-electron chi connectivity index (χ0n) is 9.13. The van der Waals surface area contributed by atoms with Gasteiger partial charge in [-0.05, 0) is 35.0 Å². The van der Waals surface area contributed by atoms with Gasteiger partial charge < -0.3 is 0 Å². The summed E-state index contributed by atoms with van der Waals surface area (Å²) in [7, 11) is 0. The van der Waals surface area contributed by atoms with Crippen molar-refractivity contribution in [3.05, 3.63) is 40.8 Å². The second kappa shape index (κ2) is 5.37. The monoisotopic (exact) mass is 281 g/mol. The molecule has 1 aliphatic heterocycles. The van der Waals surface area contributed by atoms with Gasteiger partial charge in [0.15, 0.2) is 0 Å². The first kappa shape index (κ1) is 12.9. The van der Waals surface area contributed by atoms with Crippen LogP contribution in [0.15, 0.2) is 35.2 Å². The quantitative estimate of drug-likeness (QED) is 0.631.